The van der Waals surface area contributed by atoms with Crippen molar-refractivity contribution in [2.45, 2.75) is 83.5 Å². The van der Waals surface area contributed by atoms with E-state index in [-0.39, 0.29) is 17.3 Å². The van der Waals surface area contributed by atoms with Crippen molar-refractivity contribution in [3.63, 3.8) is 0 Å². The van der Waals surface area contributed by atoms with Gasteiger partial charge in [0.2, 0.25) is 0 Å². The standard InChI is InChI=1S/C20H30O5/c1-12(2)19-8-9-20(25-24-19)13(11-19)14(21)10-15-17(3,16(22)23)6-5-7-18(15,20)4/h11-12,14-15,21H,5-10H2,1-4H3,(H,22,23). The summed E-state index contributed by atoms with van der Waals surface area (Å²) >= 11 is 0. The first kappa shape index (κ1) is 17.5. The molecule has 6 unspecified atom stereocenters. The summed E-state index contributed by atoms with van der Waals surface area (Å²) in [5.41, 5.74) is -1.39. The van der Waals surface area contributed by atoms with Crippen LogP contribution in [-0.2, 0) is 14.6 Å². The normalized spacial score (nSPS) is 51.7. The van der Waals surface area contributed by atoms with Gasteiger partial charge in [0.1, 0.15) is 11.2 Å². The molecule has 0 aromatic carbocycles. The van der Waals surface area contributed by atoms with Crippen molar-refractivity contribution in [2.75, 3.05) is 0 Å². The van der Waals surface area contributed by atoms with Crippen LogP contribution in [0.2, 0.25) is 0 Å². The minimum Gasteiger partial charge on any atom is -0.481 e. The summed E-state index contributed by atoms with van der Waals surface area (Å²) in [6.45, 7) is 8.23. The van der Waals surface area contributed by atoms with Crippen molar-refractivity contribution in [1.82, 2.24) is 0 Å². The van der Waals surface area contributed by atoms with Gasteiger partial charge >= 0.3 is 5.97 Å². The van der Waals surface area contributed by atoms with Crippen LogP contribution in [0.3, 0.4) is 0 Å². The molecule has 140 valence electrons. The zero-order chi connectivity index (χ0) is 18.3. The summed E-state index contributed by atoms with van der Waals surface area (Å²) in [5, 5.41) is 20.9. The fourth-order valence-electron chi connectivity index (χ4n) is 6.38. The third-order valence-corrected chi connectivity index (χ3v) is 8.21. The Hall–Kier alpha value is -0.910. The van der Waals surface area contributed by atoms with E-state index in [0.717, 1.165) is 31.3 Å². The van der Waals surface area contributed by atoms with Crippen molar-refractivity contribution in [2.24, 2.45) is 22.7 Å². The number of aliphatic hydroxyl groups excluding tert-OH is 1. The number of hydrogen-bond donors (Lipinski definition) is 2. The first-order chi connectivity index (χ1) is 11.6. The van der Waals surface area contributed by atoms with E-state index in [1.807, 2.05) is 6.92 Å². The van der Waals surface area contributed by atoms with E-state index in [9.17, 15) is 15.0 Å². The van der Waals surface area contributed by atoms with Crippen LogP contribution in [0.25, 0.3) is 0 Å². The Balaban J connectivity index is 1.86. The maximum atomic E-state index is 12.1. The molecule has 5 nitrogen and oxygen atoms in total. The fraction of sp³-hybridized carbons (Fsp3) is 0.850. The molecule has 25 heavy (non-hydrogen) atoms. The zero-order valence-corrected chi connectivity index (χ0v) is 15.7. The quantitative estimate of drug-likeness (QED) is 0.589. The first-order valence-electron chi connectivity index (χ1n) is 9.63. The summed E-state index contributed by atoms with van der Waals surface area (Å²) in [6, 6.07) is 0. The van der Waals surface area contributed by atoms with Crippen LogP contribution in [0.4, 0.5) is 0 Å². The lowest BCUT2D eigenvalue weighted by molar-refractivity contribution is -0.467. The lowest BCUT2D eigenvalue weighted by atomic mass is 9.42. The molecule has 3 aliphatic carbocycles. The number of aliphatic hydroxyl groups is 1. The summed E-state index contributed by atoms with van der Waals surface area (Å²) in [4.78, 5) is 24.2. The fourth-order valence-corrected chi connectivity index (χ4v) is 6.38. The number of aliphatic carboxylic acids is 1. The minimum absolute atomic E-state index is 0.133. The Bertz CT molecular complexity index is 630. The van der Waals surface area contributed by atoms with E-state index >= 15 is 0 Å². The van der Waals surface area contributed by atoms with Crippen LogP contribution in [0.1, 0.15) is 66.2 Å². The molecule has 2 aliphatic heterocycles. The Labute approximate surface area is 149 Å². The molecular weight excluding hydrogens is 320 g/mol. The smallest absolute Gasteiger partial charge is 0.309 e. The minimum atomic E-state index is -0.832. The Morgan fingerprint density at radius 2 is 1.92 bits per heavy atom. The third-order valence-electron chi connectivity index (χ3n) is 8.21. The molecule has 5 rings (SSSR count). The van der Waals surface area contributed by atoms with Crippen LogP contribution in [0.15, 0.2) is 11.6 Å². The van der Waals surface area contributed by atoms with Crippen LogP contribution >= 0.6 is 0 Å². The van der Waals surface area contributed by atoms with E-state index in [1.54, 1.807) is 0 Å². The highest BCUT2D eigenvalue weighted by Crippen LogP contribution is 2.68. The van der Waals surface area contributed by atoms with Gasteiger partial charge in [-0.3, -0.25) is 4.79 Å². The van der Waals surface area contributed by atoms with Gasteiger partial charge in [0.25, 0.3) is 0 Å². The second kappa shape index (κ2) is 5.08. The highest BCUT2D eigenvalue weighted by atomic mass is 17.2. The van der Waals surface area contributed by atoms with Crippen LogP contribution < -0.4 is 0 Å². The van der Waals surface area contributed by atoms with Crippen molar-refractivity contribution >= 4 is 5.97 Å². The molecule has 6 atom stereocenters. The van der Waals surface area contributed by atoms with E-state index < -0.39 is 28.7 Å². The average Bonchev–Trinajstić information content (AvgIpc) is 2.58. The number of carbonyl (C=O) groups is 1. The van der Waals surface area contributed by atoms with Gasteiger partial charge in [0.05, 0.1) is 11.5 Å². The van der Waals surface area contributed by atoms with Gasteiger partial charge < -0.3 is 10.2 Å². The van der Waals surface area contributed by atoms with Gasteiger partial charge in [-0.25, -0.2) is 9.78 Å². The predicted molar refractivity (Wildman–Crippen MR) is 91.6 cm³/mol. The highest BCUT2D eigenvalue weighted by Gasteiger charge is 2.71. The maximum absolute atomic E-state index is 12.1. The molecule has 5 aliphatic rings. The maximum Gasteiger partial charge on any atom is 0.309 e. The SMILES string of the molecule is CC(C)C12C=C3C(O)CC4C(C)(C(=O)O)CCCC4(C)C3(CC1)OO2. The molecule has 2 bridgehead atoms. The monoisotopic (exact) mass is 350 g/mol. The molecule has 0 aromatic rings. The predicted octanol–water partition coefficient (Wildman–Crippen LogP) is 3.46. The Morgan fingerprint density at radius 1 is 1.20 bits per heavy atom. The summed E-state index contributed by atoms with van der Waals surface area (Å²) in [7, 11) is 0. The van der Waals surface area contributed by atoms with Crippen LogP contribution in [0, 0.1) is 22.7 Å². The largest absolute Gasteiger partial charge is 0.481 e. The van der Waals surface area contributed by atoms with Gasteiger partial charge in [-0.2, -0.15) is 0 Å². The van der Waals surface area contributed by atoms with Crippen molar-refractivity contribution < 1.29 is 24.8 Å². The second-order valence-electron chi connectivity index (χ2n) is 9.50. The van der Waals surface area contributed by atoms with E-state index in [2.05, 4.69) is 26.8 Å². The van der Waals surface area contributed by atoms with Crippen LogP contribution in [0.5, 0.6) is 0 Å². The third kappa shape index (κ3) is 1.92. The van der Waals surface area contributed by atoms with Gasteiger partial charge in [-0.15, -0.1) is 0 Å². The number of fused-ring (bicyclic) bond motifs is 3. The van der Waals surface area contributed by atoms with Crippen molar-refractivity contribution in [3.8, 4) is 0 Å². The highest BCUT2D eigenvalue weighted by molar-refractivity contribution is 5.75. The number of rotatable bonds is 2. The molecule has 0 radical (unpaired) electrons. The molecule has 2 N–H and O–H groups in total. The second-order valence-corrected chi connectivity index (χ2v) is 9.50. The van der Waals surface area contributed by atoms with E-state index in [1.165, 1.54) is 0 Å². The summed E-state index contributed by atoms with van der Waals surface area (Å²) < 4.78 is 0. The molecule has 5 heteroatoms. The van der Waals surface area contributed by atoms with Gasteiger partial charge in [0.15, 0.2) is 0 Å². The van der Waals surface area contributed by atoms with Crippen molar-refractivity contribution in [3.05, 3.63) is 11.6 Å². The molecule has 0 amide bonds. The number of carboxylic acid groups (broad SMARTS) is 1. The molecule has 0 aromatic heterocycles. The van der Waals surface area contributed by atoms with E-state index in [4.69, 9.17) is 9.78 Å². The van der Waals surface area contributed by atoms with Gasteiger partial charge in [0, 0.05) is 5.41 Å². The molecule has 2 saturated carbocycles. The van der Waals surface area contributed by atoms with Crippen LogP contribution in [-0.4, -0.2) is 33.5 Å². The molecule has 1 saturated heterocycles. The van der Waals surface area contributed by atoms with Gasteiger partial charge in [-0.1, -0.05) is 27.2 Å². The summed E-state index contributed by atoms with van der Waals surface area (Å²) in [6.07, 6.45) is 6.01. The topological polar surface area (TPSA) is 76.0 Å². The number of carboxylic acids is 1. The average molecular weight is 350 g/mol. The van der Waals surface area contributed by atoms with Crippen molar-refractivity contribution in [1.29, 1.82) is 0 Å². The molecule has 3 fully saturated rings. The number of hydrogen-bond acceptors (Lipinski definition) is 4. The summed E-state index contributed by atoms with van der Waals surface area (Å²) in [5.74, 6) is -0.637. The first-order valence-corrected chi connectivity index (χ1v) is 9.63. The Kier molecular flexibility index (Phi) is 3.56. The molecular formula is C20H30O5. The lowest BCUT2D eigenvalue weighted by Gasteiger charge is -2.67. The Morgan fingerprint density at radius 3 is 2.48 bits per heavy atom. The zero-order valence-electron chi connectivity index (χ0n) is 15.7. The molecule has 1 spiro atoms. The lowest BCUT2D eigenvalue weighted by Crippen LogP contribution is -2.70. The molecule has 2 heterocycles. The van der Waals surface area contributed by atoms with E-state index in [0.29, 0.717) is 12.8 Å². The van der Waals surface area contributed by atoms with Gasteiger partial charge in [-0.05, 0) is 62.5 Å².